The van der Waals surface area contributed by atoms with Crippen LogP contribution in [0.5, 0.6) is 0 Å². The summed E-state index contributed by atoms with van der Waals surface area (Å²) in [6.45, 7) is 3.54. The summed E-state index contributed by atoms with van der Waals surface area (Å²) in [6.07, 6.45) is 7.17. The first-order valence-electron chi connectivity index (χ1n) is 5.20. The van der Waals surface area contributed by atoms with Crippen molar-refractivity contribution in [2.75, 3.05) is 0 Å². The van der Waals surface area contributed by atoms with Crippen molar-refractivity contribution in [2.45, 2.75) is 20.0 Å². The highest BCUT2D eigenvalue weighted by atomic mass is 15.2. The molecule has 0 aliphatic carbocycles. The third kappa shape index (κ3) is 2.64. The summed E-state index contributed by atoms with van der Waals surface area (Å²) in [5.74, 6) is 0. The molecule has 5 heteroatoms. The predicted octanol–water partition coefficient (Wildman–Crippen LogP) is 0.808. The fourth-order valence-corrected chi connectivity index (χ4v) is 1.57. The van der Waals surface area contributed by atoms with Gasteiger partial charge in [0.2, 0.25) is 0 Å². The topological polar surface area (TPSA) is 55.6 Å². The zero-order valence-corrected chi connectivity index (χ0v) is 9.51. The van der Waals surface area contributed by atoms with Gasteiger partial charge in [0.1, 0.15) is 0 Å². The van der Waals surface area contributed by atoms with Crippen molar-refractivity contribution < 1.29 is 0 Å². The molecule has 0 fully saturated rings. The second-order valence-corrected chi connectivity index (χ2v) is 3.71. The Morgan fingerprint density at radius 1 is 1.31 bits per heavy atom. The molecule has 2 rings (SSSR count). The van der Waals surface area contributed by atoms with E-state index in [1.165, 1.54) is 5.56 Å². The van der Waals surface area contributed by atoms with E-state index in [9.17, 15) is 0 Å². The maximum Gasteiger partial charge on any atom is 0.0724 e. The van der Waals surface area contributed by atoms with E-state index >= 15 is 0 Å². The van der Waals surface area contributed by atoms with E-state index < -0.39 is 0 Å². The number of nitrogens with zero attached hydrogens (tertiary/aromatic N) is 4. The molecule has 0 amide bonds. The Balaban J connectivity index is 1.87. The van der Waals surface area contributed by atoms with Crippen LogP contribution < -0.4 is 5.32 Å². The number of aryl methyl sites for hydroxylation is 2. The first kappa shape index (κ1) is 10.8. The molecule has 0 aliphatic rings. The Hall–Kier alpha value is -1.75. The smallest absolute Gasteiger partial charge is 0.0724 e. The van der Waals surface area contributed by atoms with Gasteiger partial charge < -0.3 is 5.32 Å². The molecule has 0 atom stereocenters. The van der Waals surface area contributed by atoms with Gasteiger partial charge in [-0.3, -0.25) is 14.6 Å². The molecular weight excluding hydrogens is 202 g/mol. The van der Waals surface area contributed by atoms with Crippen LogP contribution in [-0.2, 0) is 20.1 Å². The van der Waals surface area contributed by atoms with E-state index in [2.05, 4.69) is 20.4 Å². The number of aromatic nitrogens is 4. The minimum atomic E-state index is 0.724. The van der Waals surface area contributed by atoms with E-state index in [1.807, 2.05) is 24.9 Å². The van der Waals surface area contributed by atoms with Crippen LogP contribution in [0.3, 0.4) is 0 Å². The normalized spacial score (nSPS) is 10.6. The Labute approximate surface area is 94.5 Å². The van der Waals surface area contributed by atoms with E-state index in [4.69, 9.17) is 0 Å². The molecule has 0 spiro atoms. The standard InChI is InChI=1S/C11H15N5/c1-9-10(8-16(2)15-9)5-13-7-11-6-12-3-4-14-11/h3-4,6,8,13H,5,7H2,1-2H3. The lowest BCUT2D eigenvalue weighted by Crippen LogP contribution is -2.14. The van der Waals surface area contributed by atoms with Crippen molar-refractivity contribution in [1.29, 1.82) is 0 Å². The van der Waals surface area contributed by atoms with Crippen LogP contribution in [0.1, 0.15) is 17.0 Å². The fraction of sp³-hybridized carbons (Fsp3) is 0.364. The lowest BCUT2D eigenvalue weighted by Gasteiger charge is -2.02. The van der Waals surface area contributed by atoms with Gasteiger partial charge in [0, 0.05) is 50.5 Å². The average Bonchev–Trinajstić information content (AvgIpc) is 2.59. The van der Waals surface area contributed by atoms with Crippen molar-refractivity contribution >= 4 is 0 Å². The van der Waals surface area contributed by atoms with Gasteiger partial charge in [0.15, 0.2) is 0 Å². The molecule has 0 radical (unpaired) electrons. The van der Waals surface area contributed by atoms with Gasteiger partial charge in [-0.15, -0.1) is 0 Å². The minimum Gasteiger partial charge on any atom is -0.307 e. The summed E-state index contributed by atoms with van der Waals surface area (Å²) < 4.78 is 1.83. The first-order valence-corrected chi connectivity index (χ1v) is 5.20. The van der Waals surface area contributed by atoms with Crippen molar-refractivity contribution in [3.8, 4) is 0 Å². The van der Waals surface area contributed by atoms with E-state index in [1.54, 1.807) is 18.6 Å². The van der Waals surface area contributed by atoms with Gasteiger partial charge in [-0.2, -0.15) is 5.10 Å². The molecule has 0 saturated carbocycles. The van der Waals surface area contributed by atoms with Gasteiger partial charge in [-0.05, 0) is 6.92 Å². The molecule has 0 unspecified atom stereocenters. The van der Waals surface area contributed by atoms with Crippen molar-refractivity contribution in [2.24, 2.45) is 7.05 Å². The van der Waals surface area contributed by atoms with Crippen molar-refractivity contribution in [3.05, 3.63) is 41.7 Å². The van der Waals surface area contributed by atoms with Gasteiger partial charge in [-0.25, -0.2) is 0 Å². The first-order chi connectivity index (χ1) is 7.75. The Kier molecular flexibility index (Phi) is 3.26. The van der Waals surface area contributed by atoms with Gasteiger partial charge in [0.25, 0.3) is 0 Å². The van der Waals surface area contributed by atoms with E-state index in [0.717, 1.165) is 24.5 Å². The Morgan fingerprint density at radius 2 is 2.19 bits per heavy atom. The predicted molar refractivity (Wildman–Crippen MR) is 60.5 cm³/mol. The number of rotatable bonds is 4. The second-order valence-electron chi connectivity index (χ2n) is 3.71. The van der Waals surface area contributed by atoms with E-state index in [-0.39, 0.29) is 0 Å². The zero-order chi connectivity index (χ0) is 11.4. The lowest BCUT2D eigenvalue weighted by molar-refractivity contribution is 0.674. The summed E-state index contributed by atoms with van der Waals surface area (Å²) in [7, 11) is 1.93. The Morgan fingerprint density at radius 3 is 2.81 bits per heavy atom. The number of nitrogens with one attached hydrogen (secondary N) is 1. The van der Waals surface area contributed by atoms with E-state index in [0.29, 0.717) is 0 Å². The maximum atomic E-state index is 4.29. The highest BCUT2D eigenvalue weighted by Crippen LogP contribution is 2.03. The van der Waals surface area contributed by atoms with Gasteiger partial charge in [0.05, 0.1) is 11.4 Å². The summed E-state index contributed by atoms with van der Waals surface area (Å²) in [5.41, 5.74) is 3.23. The molecule has 0 saturated heterocycles. The zero-order valence-electron chi connectivity index (χ0n) is 9.51. The van der Waals surface area contributed by atoms with Gasteiger partial charge >= 0.3 is 0 Å². The molecule has 16 heavy (non-hydrogen) atoms. The monoisotopic (exact) mass is 217 g/mol. The van der Waals surface area contributed by atoms with Crippen LogP contribution in [0.15, 0.2) is 24.8 Å². The molecule has 2 aromatic heterocycles. The molecule has 0 aromatic carbocycles. The fourth-order valence-electron chi connectivity index (χ4n) is 1.57. The SMILES string of the molecule is Cc1nn(C)cc1CNCc1cnccn1. The molecule has 5 nitrogen and oxygen atoms in total. The summed E-state index contributed by atoms with van der Waals surface area (Å²) in [6, 6.07) is 0. The summed E-state index contributed by atoms with van der Waals surface area (Å²) in [4.78, 5) is 8.20. The lowest BCUT2D eigenvalue weighted by atomic mass is 10.2. The quantitative estimate of drug-likeness (QED) is 0.823. The van der Waals surface area contributed by atoms with Crippen LogP contribution in [-0.4, -0.2) is 19.7 Å². The molecular formula is C11H15N5. The minimum absolute atomic E-state index is 0.724. The molecule has 1 N–H and O–H groups in total. The number of hydrogen-bond acceptors (Lipinski definition) is 4. The molecule has 2 aromatic rings. The van der Waals surface area contributed by atoms with Gasteiger partial charge in [-0.1, -0.05) is 0 Å². The molecule has 2 heterocycles. The van der Waals surface area contributed by atoms with Crippen LogP contribution in [0.25, 0.3) is 0 Å². The van der Waals surface area contributed by atoms with Crippen LogP contribution in [0, 0.1) is 6.92 Å². The van der Waals surface area contributed by atoms with Crippen LogP contribution in [0.2, 0.25) is 0 Å². The second kappa shape index (κ2) is 4.85. The molecule has 0 bridgehead atoms. The molecule has 84 valence electrons. The third-order valence-electron chi connectivity index (χ3n) is 2.35. The molecule has 0 aliphatic heterocycles. The van der Waals surface area contributed by atoms with Crippen molar-refractivity contribution in [1.82, 2.24) is 25.1 Å². The third-order valence-corrected chi connectivity index (χ3v) is 2.35. The van der Waals surface area contributed by atoms with Crippen molar-refractivity contribution in [3.63, 3.8) is 0 Å². The average molecular weight is 217 g/mol. The maximum absolute atomic E-state index is 4.29. The number of hydrogen-bond donors (Lipinski definition) is 1. The van der Waals surface area contributed by atoms with Crippen LogP contribution in [0.4, 0.5) is 0 Å². The highest BCUT2D eigenvalue weighted by molar-refractivity contribution is 5.14. The van der Waals surface area contributed by atoms with Crippen LogP contribution >= 0.6 is 0 Å². The Bertz CT molecular complexity index is 449. The highest BCUT2D eigenvalue weighted by Gasteiger charge is 2.02. The summed E-state index contributed by atoms with van der Waals surface area (Å²) >= 11 is 0. The summed E-state index contributed by atoms with van der Waals surface area (Å²) in [5, 5.41) is 7.60. The largest absolute Gasteiger partial charge is 0.307 e.